The van der Waals surface area contributed by atoms with Gasteiger partial charge >= 0.3 is 0 Å². The summed E-state index contributed by atoms with van der Waals surface area (Å²) in [4.78, 5) is 24.0. The van der Waals surface area contributed by atoms with Gasteiger partial charge in [-0.05, 0) is 29.2 Å². The molecule has 0 heterocycles. The number of nitrogens with one attached hydrogen (secondary N) is 2. The van der Waals surface area contributed by atoms with Crippen LogP contribution in [0.25, 0.3) is 0 Å². The normalized spacial score (nSPS) is 11.0. The molecular weight excluding hydrogens is 307 g/mol. The van der Waals surface area contributed by atoms with E-state index < -0.39 is 17.6 Å². The van der Waals surface area contributed by atoms with Gasteiger partial charge < -0.3 is 10.6 Å². The number of carbonyl (C=O) groups is 2. The number of halogens is 1. The Hall–Kier alpha value is -2.69. The van der Waals surface area contributed by atoms with E-state index >= 15 is 0 Å². The third kappa shape index (κ3) is 4.65. The maximum Gasteiger partial charge on any atom is 0.233 e. The Morgan fingerprint density at radius 3 is 1.96 bits per heavy atom. The molecule has 0 fully saturated rings. The Labute approximate surface area is 141 Å². The van der Waals surface area contributed by atoms with Crippen molar-refractivity contribution in [2.75, 3.05) is 10.6 Å². The summed E-state index contributed by atoms with van der Waals surface area (Å²) in [6.45, 7) is 6.13. The monoisotopic (exact) mass is 328 g/mol. The fraction of sp³-hybridized carbons (Fsp3) is 0.263. The Kier molecular flexibility index (Phi) is 5.34. The van der Waals surface area contributed by atoms with Gasteiger partial charge in [0.05, 0.1) is 5.69 Å². The summed E-state index contributed by atoms with van der Waals surface area (Å²) in [6.07, 6.45) is -0.382. The van der Waals surface area contributed by atoms with Crippen molar-refractivity contribution in [2.45, 2.75) is 32.6 Å². The second kappa shape index (κ2) is 7.25. The first kappa shape index (κ1) is 17.7. The number of hydrogen-bond donors (Lipinski definition) is 2. The summed E-state index contributed by atoms with van der Waals surface area (Å²) in [5, 5.41) is 5.15. The van der Waals surface area contributed by atoms with E-state index in [4.69, 9.17) is 0 Å². The lowest BCUT2D eigenvalue weighted by molar-refractivity contribution is -0.123. The van der Waals surface area contributed by atoms with Crippen molar-refractivity contribution in [2.24, 2.45) is 0 Å². The quantitative estimate of drug-likeness (QED) is 0.831. The molecule has 4 nitrogen and oxygen atoms in total. The van der Waals surface area contributed by atoms with Gasteiger partial charge in [-0.2, -0.15) is 0 Å². The second-order valence-corrected chi connectivity index (χ2v) is 6.55. The average molecular weight is 328 g/mol. The van der Waals surface area contributed by atoms with Crippen molar-refractivity contribution >= 4 is 23.2 Å². The third-order valence-corrected chi connectivity index (χ3v) is 3.48. The van der Waals surface area contributed by atoms with E-state index in [1.807, 2.05) is 39.0 Å². The molecule has 2 aromatic rings. The number of anilines is 2. The molecule has 0 aromatic heterocycles. The second-order valence-electron chi connectivity index (χ2n) is 6.55. The number of amides is 2. The van der Waals surface area contributed by atoms with Gasteiger partial charge in [-0.1, -0.05) is 51.1 Å². The van der Waals surface area contributed by atoms with Gasteiger partial charge in [0.2, 0.25) is 11.8 Å². The maximum absolute atomic E-state index is 13.5. The van der Waals surface area contributed by atoms with Crippen molar-refractivity contribution in [1.29, 1.82) is 0 Å². The van der Waals surface area contributed by atoms with E-state index in [2.05, 4.69) is 10.6 Å². The topological polar surface area (TPSA) is 58.2 Å². The molecule has 2 rings (SSSR count). The lowest BCUT2D eigenvalue weighted by atomic mass is 9.86. The predicted molar refractivity (Wildman–Crippen MR) is 93.4 cm³/mol. The van der Waals surface area contributed by atoms with E-state index in [1.54, 1.807) is 12.1 Å². The molecule has 0 radical (unpaired) electrons. The van der Waals surface area contributed by atoms with Crippen LogP contribution in [0.5, 0.6) is 0 Å². The predicted octanol–water partition coefficient (Wildman–Crippen LogP) is 4.09. The van der Waals surface area contributed by atoms with E-state index in [0.717, 1.165) is 5.56 Å². The minimum absolute atomic E-state index is 0.0605. The van der Waals surface area contributed by atoms with Crippen LogP contribution in [-0.4, -0.2) is 11.8 Å². The number of rotatable bonds is 4. The van der Waals surface area contributed by atoms with Gasteiger partial charge in [-0.25, -0.2) is 4.39 Å². The molecule has 2 N–H and O–H groups in total. The molecule has 0 saturated heterocycles. The van der Waals surface area contributed by atoms with Gasteiger partial charge in [-0.15, -0.1) is 0 Å². The van der Waals surface area contributed by atoms with Crippen molar-refractivity contribution in [3.05, 3.63) is 59.9 Å². The third-order valence-electron chi connectivity index (χ3n) is 3.48. The number of hydrogen-bond acceptors (Lipinski definition) is 2. The van der Waals surface area contributed by atoms with Gasteiger partial charge in [0.1, 0.15) is 12.2 Å². The van der Waals surface area contributed by atoms with Crippen molar-refractivity contribution in [1.82, 2.24) is 0 Å². The Morgan fingerprint density at radius 1 is 0.875 bits per heavy atom. The molecule has 126 valence electrons. The summed E-state index contributed by atoms with van der Waals surface area (Å²) in [5.41, 5.74) is 1.58. The lowest BCUT2D eigenvalue weighted by Gasteiger charge is -2.22. The van der Waals surface area contributed by atoms with E-state index in [1.165, 1.54) is 18.2 Å². The molecule has 0 aliphatic heterocycles. The van der Waals surface area contributed by atoms with Crippen LogP contribution in [0, 0.1) is 5.82 Å². The zero-order valence-electron chi connectivity index (χ0n) is 14.0. The standard InChI is InChI=1S/C19H21FN2O2/c1-19(2,3)13-8-4-6-10-15(13)21-17(23)12-18(24)22-16-11-7-5-9-14(16)20/h4-11H,12H2,1-3H3,(H,21,23)(H,22,24). The molecule has 0 bridgehead atoms. The smallest absolute Gasteiger partial charge is 0.233 e. The first-order valence-corrected chi connectivity index (χ1v) is 7.71. The van der Waals surface area contributed by atoms with Crippen LogP contribution in [0.1, 0.15) is 32.8 Å². The van der Waals surface area contributed by atoms with Gasteiger partial charge in [0, 0.05) is 5.69 Å². The molecular formula is C19H21FN2O2. The Bertz CT molecular complexity index is 751. The van der Waals surface area contributed by atoms with Gasteiger partial charge in [-0.3, -0.25) is 9.59 Å². The fourth-order valence-corrected chi connectivity index (χ4v) is 2.34. The SMILES string of the molecule is CC(C)(C)c1ccccc1NC(=O)CC(=O)Nc1ccccc1F. The lowest BCUT2D eigenvalue weighted by Crippen LogP contribution is -2.23. The molecule has 0 atom stereocenters. The highest BCUT2D eigenvalue weighted by atomic mass is 19.1. The first-order chi connectivity index (χ1) is 11.3. The molecule has 2 aromatic carbocycles. The van der Waals surface area contributed by atoms with Crippen molar-refractivity contribution in [3.8, 4) is 0 Å². The van der Waals surface area contributed by atoms with Gasteiger partial charge in [0.15, 0.2) is 0 Å². The molecule has 0 unspecified atom stereocenters. The van der Waals surface area contributed by atoms with Crippen LogP contribution < -0.4 is 10.6 Å². The maximum atomic E-state index is 13.5. The minimum atomic E-state index is -0.564. The highest BCUT2D eigenvalue weighted by Gasteiger charge is 2.19. The van der Waals surface area contributed by atoms with E-state index in [-0.39, 0.29) is 17.5 Å². The molecule has 0 aliphatic carbocycles. The average Bonchev–Trinajstić information content (AvgIpc) is 2.49. The van der Waals surface area contributed by atoms with Gasteiger partial charge in [0.25, 0.3) is 0 Å². The summed E-state index contributed by atoms with van der Waals surface area (Å²) >= 11 is 0. The highest BCUT2D eigenvalue weighted by Crippen LogP contribution is 2.29. The fourth-order valence-electron chi connectivity index (χ4n) is 2.34. The summed E-state index contributed by atoms with van der Waals surface area (Å²) in [5.74, 6) is -1.55. The highest BCUT2D eigenvalue weighted by molar-refractivity contribution is 6.08. The number of para-hydroxylation sites is 2. The van der Waals surface area contributed by atoms with Crippen molar-refractivity contribution in [3.63, 3.8) is 0 Å². The Balaban J connectivity index is 2.02. The number of carbonyl (C=O) groups excluding carboxylic acids is 2. The number of benzene rings is 2. The van der Waals surface area contributed by atoms with Crippen LogP contribution in [0.3, 0.4) is 0 Å². The zero-order valence-corrected chi connectivity index (χ0v) is 14.0. The summed E-state index contributed by atoms with van der Waals surface area (Å²) in [7, 11) is 0. The van der Waals surface area contributed by atoms with Crippen LogP contribution in [0.4, 0.5) is 15.8 Å². The van der Waals surface area contributed by atoms with E-state index in [0.29, 0.717) is 5.69 Å². The summed E-state index contributed by atoms with van der Waals surface area (Å²) in [6, 6.07) is 13.3. The molecule has 24 heavy (non-hydrogen) atoms. The molecule has 0 spiro atoms. The zero-order chi connectivity index (χ0) is 17.7. The van der Waals surface area contributed by atoms with Crippen LogP contribution in [0.2, 0.25) is 0 Å². The minimum Gasteiger partial charge on any atom is -0.325 e. The Morgan fingerprint density at radius 2 is 1.38 bits per heavy atom. The first-order valence-electron chi connectivity index (χ1n) is 7.71. The molecule has 0 saturated carbocycles. The van der Waals surface area contributed by atoms with Crippen LogP contribution >= 0.6 is 0 Å². The molecule has 5 heteroatoms. The molecule has 2 amide bonds. The van der Waals surface area contributed by atoms with Crippen LogP contribution in [-0.2, 0) is 15.0 Å². The van der Waals surface area contributed by atoms with Crippen LogP contribution in [0.15, 0.2) is 48.5 Å². The molecule has 0 aliphatic rings. The summed E-state index contributed by atoms with van der Waals surface area (Å²) < 4.78 is 13.5. The van der Waals surface area contributed by atoms with Crippen molar-refractivity contribution < 1.29 is 14.0 Å². The largest absolute Gasteiger partial charge is 0.325 e. The van der Waals surface area contributed by atoms with E-state index in [9.17, 15) is 14.0 Å².